The van der Waals surface area contributed by atoms with Gasteiger partial charge in [0.2, 0.25) is 0 Å². The largest absolute Gasteiger partial charge is 0.492 e. The zero-order chi connectivity index (χ0) is 28.8. The molecular weight excluding hydrogens is 572 g/mol. The van der Waals surface area contributed by atoms with Gasteiger partial charge in [0.05, 0.1) is 31.4 Å². The number of rotatable bonds is 9. The van der Waals surface area contributed by atoms with Crippen LogP contribution in [0.4, 0.5) is 16.2 Å². The van der Waals surface area contributed by atoms with E-state index in [0.29, 0.717) is 42.5 Å². The number of methoxy groups -OCH3 is 1. The zero-order valence-electron chi connectivity index (χ0n) is 23.3. The molecule has 0 fully saturated rings. The highest BCUT2D eigenvalue weighted by Gasteiger charge is 2.41. The monoisotopic (exact) mass is 606 g/mol. The molecule has 9 heteroatoms. The normalized spacial score (nSPS) is 20.2. The number of carbonyl (C=O) groups is 2. The van der Waals surface area contributed by atoms with Gasteiger partial charge in [-0.1, -0.05) is 25.5 Å². The lowest BCUT2D eigenvalue weighted by molar-refractivity contribution is -0.117. The first-order valence-corrected chi connectivity index (χ1v) is 14.4. The van der Waals surface area contributed by atoms with Crippen molar-refractivity contribution in [3.05, 3.63) is 63.3 Å². The molecule has 1 heterocycles. The summed E-state index contributed by atoms with van der Waals surface area (Å²) in [5.41, 5.74) is 5.44. The Labute approximate surface area is 244 Å². The van der Waals surface area contributed by atoms with Crippen LogP contribution in [0.2, 0.25) is 0 Å². The Morgan fingerprint density at radius 2 is 2.02 bits per heavy atom. The van der Waals surface area contributed by atoms with E-state index in [4.69, 9.17) is 9.73 Å². The Morgan fingerprint density at radius 3 is 2.73 bits per heavy atom. The van der Waals surface area contributed by atoms with Gasteiger partial charge < -0.3 is 14.8 Å². The van der Waals surface area contributed by atoms with E-state index in [9.17, 15) is 14.9 Å². The summed E-state index contributed by atoms with van der Waals surface area (Å²) in [5.74, 6) is 0.0827. The standard InChI is InChI=1S/C31H35BrN4O4/c1-5-8-19-12-25-29(26(37)13-19)28(23(16-33)18(3)35-25)21-14-24(32)30(27(15-21)40-6-2)34-17-20-9-7-10-22(11-20)36-31(38)39-4/h7,9-11,14-15,19,23,28,34H,5-6,8,12-13,17H2,1-4H3,(H,36,38). The maximum atomic E-state index is 13.5. The van der Waals surface area contributed by atoms with Crippen molar-refractivity contribution in [3.8, 4) is 11.8 Å². The molecule has 0 saturated heterocycles. The molecule has 2 N–H and O–H groups in total. The van der Waals surface area contributed by atoms with Crippen LogP contribution in [0.3, 0.4) is 0 Å². The average molecular weight is 608 g/mol. The summed E-state index contributed by atoms with van der Waals surface area (Å²) in [6.45, 7) is 6.85. The van der Waals surface area contributed by atoms with Crippen LogP contribution in [0.5, 0.6) is 5.75 Å². The van der Waals surface area contributed by atoms with E-state index in [1.165, 1.54) is 7.11 Å². The van der Waals surface area contributed by atoms with E-state index in [1.54, 1.807) is 6.07 Å². The second-order valence-electron chi connectivity index (χ2n) is 10.2. The first-order chi connectivity index (χ1) is 19.3. The lowest BCUT2D eigenvalue weighted by Crippen LogP contribution is -2.32. The van der Waals surface area contributed by atoms with Crippen molar-refractivity contribution >= 4 is 44.9 Å². The summed E-state index contributed by atoms with van der Waals surface area (Å²) in [4.78, 5) is 29.8. The van der Waals surface area contributed by atoms with Gasteiger partial charge in [0.25, 0.3) is 0 Å². The minimum absolute atomic E-state index is 0.0953. The Balaban J connectivity index is 1.67. The van der Waals surface area contributed by atoms with Crippen LogP contribution in [0.25, 0.3) is 0 Å². The fraction of sp³-hybridized carbons (Fsp3) is 0.419. The van der Waals surface area contributed by atoms with Gasteiger partial charge in [-0.3, -0.25) is 15.1 Å². The minimum Gasteiger partial charge on any atom is -0.492 e. The van der Waals surface area contributed by atoms with Gasteiger partial charge in [-0.25, -0.2) is 4.79 Å². The molecule has 1 aliphatic heterocycles. The molecular formula is C31H35BrN4O4. The molecule has 2 aromatic rings. The van der Waals surface area contributed by atoms with Crippen molar-refractivity contribution in [1.29, 1.82) is 5.26 Å². The van der Waals surface area contributed by atoms with Gasteiger partial charge in [-0.2, -0.15) is 5.26 Å². The third kappa shape index (κ3) is 6.39. The number of ether oxygens (including phenoxy) is 2. The number of benzene rings is 2. The topological polar surface area (TPSA) is 113 Å². The molecule has 40 heavy (non-hydrogen) atoms. The van der Waals surface area contributed by atoms with E-state index in [0.717, 1.165) is 52.0 Å². The molecule has 1 aliphatic carbocycles. The minimum atomic E-state index is -0.532. The Hall–Kier alpha value is -3.64. The first kappa shape index (κ1) is 29.3. The van der Waals surface area contributed by atoms with E-state index >= 15 is 0 Å². The summed E-state index contributed by atoms with van der Waals surface area (Å²) < 4.78 is 11.5. The molecule has 0 aromatic heterocycles. The van der Waals surface area contributed by atoms with Crippen LogP contribution in [0.15, 0.2) is 57.1 Å². The summed E-state index contributed by atoms with van der Waals surface area (Å²) in [6, 6.07) is 13.8. The highest BCUT2D eigenvalue weighted by molar-refractivity contribution is 9.10. The molecule has 3 unspecified atom stereocenters. The predicted octanol–water partition coefficient (Wildman–Crippen LogP) is 7.37. The van der Waals surface area contributed by atoms with Gasteiger partial charge in [-0.15, -0.1) is 0 Å². The van der Waals surface area contributed by atoms with Crippen LogP contribution in [0.1, 0.15) is 63.5 Å². The molecule has 0 radical (unpaired) electrons. The quantitative estimate of drug-likeness (QED) is 0.308. The SMILES string of the molecule is CCCC1CC(=O)C2=C(C1)N=C(C)C(C#N)C2c1cc(Br)c(NCc2cccc(NC(=O)OC)c2)c(OCC)c1. The van der Waals surface area contributed by atoms with Crippen LogP contribution in [-0.2, 0) is 16.1 Å². The lowest BCUT2D eigenvalue weighted by atomic mass is 9.70. The van der Waals surface area contributed by atoms with E-state index in [1.807, 2.05) is 44.2 Å². The Bertz CT molecular complexity index is 1390. The number of carbonyl (C=O) groups excluding carboxylic acids is 2. The van der Waals surface area contributed by atoms with E-state index < -0.39 is 17.9 Å². The second-order valence-corrected chi connectivity index (χ2v) is 11.0. The molecule has 2 aliphatic rings. The number of nitriles is 1. The highest BCUT2D eigenvalue weighted by Crippen LogP contribution is 2.47. The van der Waals surface area contributed by atoms with Gasteiger partial charge in [0.15, 0.2) is 5.78 Å². The molecule has 8 nitrogen and oxygen atoms in total. The number of hydrogen-bond donors (Lipinski definition) is 2. The molecule has 1 amide bonds. The molecule has 2 aromatic carbocycles. The third-order valence-corrected chi connectivity index (χ3v) is 8.00. The van der Waals surface area contributed by atoms with Crippen LogP contribution >= 0.6 is 15.9 Å². The number of halogens is 1. The summed E-state index contributed by atoms with van der Waals surface area (Å²) >= 11 is 3.72. The van der Waals surface area contributed by atoms with Crippen molar-refractivity contribution in [2.75, 3.05) is 24.4 Å². The molecule has 0 spiro atoms. The van der Waals surface area contributed by atoms with Crippen molar-refractivity contribution in [3.63, 3.8) is 0 Å². The number of amides is 1. The summed E-state index contributed by atoms with van der Waals surface area (Å²) in [6.07, 6.45) is 2.75. The van der Waals surface area contributed by atoms with E-state index in [2.05, 4.69) is 44.3 Å². The van der Waals surface area contributed by atoms with Gasteiger partial charge in [0, 0.05) is 46.0 Å². The number of nitrogens with one attached hydrogen (secondary N) is 2. The number of Topliss-reactive ketones (excluding diaryl/α,β-unsaturated/α-hetero) is 1. The predicted molar refractivity (Wildman–Crippen MR) is 160 cm³/mol. The van der Waals surface area contributed by atoms with Crippen molar-refractivity contribution in [1.82, 2.24) is 0 Å². The second kappa shape index (κ2) is 13.1. The highest BCUT2D eigenvalue weighted by atomic mass is 79.9. The number of anilines is 2. The molecule has 210 valence electrons. The maximum Gasteiger partial charge on any atom is 0.411 e. The maximum absolute atomic E-state index is 13.5. The molecule has 3 atom stereocenters. The van der Waals surface area contributed by atoms with E-state index in [-0.39, 0.29) is 5.78 Å². The number of aliphatic imine (C=N–C) groups is 1. The summed E-state index contributed by atoms with van der Waals surface area (Å²) in [7, 11) is 1.32. The smallest absolute Gasteiger partial charge is 0.411 e. The van der Waals surface area contributed by atoms with Crippen molar-refractivity contribution in [2.45, 2.75) is 58.9 Å². The molecule has 0 bridgehead atoms. The average Bonchev–Trinajstić information content (AvgIpc) is 2.92. The fourth-order valence-electron chi connectivity index (χ4n) is 5.62. The number of ketones is 1. The molecule has 0 saturated carbocycles. The zero-order valence-corrected chi connectivity index (χ0v) is 24.9. The molecule has 4 rings (SSSR count). The number of allylic oxidation sites excluding steroid dienone is 2. The third-order valence-electron chi connectivity index (χ3n) is 7.37. The number of hydrogen-bond acceptors (Lipinski definition) is 7. The van der Waals surface area contributed by atoms with Gasteiger partial charge in [-0.05, 0) is 83.9 Å². The number of nitrogens with zero attached hydrogens (tertiary/aromatic N) is 2. The fourth-order valence-corrected chi connectivity index (χ4v) is 6.22. The van der Waals surface area contributed by atoms with Crippen molar-refractivity contribution < 1.29 is 19.1 Å². The first-order valence-electron chi connectivity index (χ1n) is 13.6. The van der Waals surface area contributed by atoms with Crippen LogP contribution < -0.4 is 15.4 Å². The van der Waals surface area contributed by atoms with Crippen LogP contribution in [-0.4, -0.2) is 31.3 Å². The Kier molecular flexibility index (Phi) is 9.64. The Morgan fingerprint density at radius 1 is 1.23 bits per heavy atom. The summed E-state index contributed by atoms with van der Waals surface area (Å²) in [5, 5.41) is 16.3. The lowest BCUT2D eigenvalue weighted by Gasteiger charge is -2.35. The van der Waals surface area contributed by atoms with Gasteiger partial charge >= 0.3 is 6.09 Å². The van der Waals surface area contributed by atoms with Crippen molar-refractivity contribution in [2.24, 2.45) is 16.8 Å². The van der Waals surface area contributed by atoms with Gasteiger partial charge in [0.1, 0.15) is 5.75 Å². The van der Waals surface area contributed by atoms with Crippen LogP contribution in [0, 0.1) is 23.2 Å².